The standard InChI is InChI=1S/C20H24N6O/c1-2-4-16(5-3-1)24-10-11-27-18(14-24)15-25-8-7-22-20(25)19-12-17-13-21-6-9-26(17)23-19/h1-5,7-8,12,18,21H,6,9-11,13-15H2/t18-/m1/s1. The maximum atomic E-state index is 6.05. The van der Waals surface area contributed by atoms with Crippen LogP contribution in [-0.4, -0.2) is 51.7 Å². The Kier molecular flexibility index (Phi) is 4.39. The van der Waals surface area contributed by atoms with Crippen molar-refractivity contribution in [1.82, 2.24) is 24.6 Å². The summed E-state index contributed by atoms with van der Waals surface area (Å²) in [6.07, 6.45) is 4.01. The van der Waals surface area contributed by atoms with Crippen LogP contribution in [0, 0.1) is 0 Å². The molecule has 0 amide bonds. The summed E-state index contributed by atoms with van der Waals surface area (Å²) in [6.45, 7) is 6.07. The number of ether oxygens (including phenoxy) is 1. The molecule has 1 N–H and O–H groups in total. The van der Waals surface area contributed by atoms with Gasteiger partial charge in [0, 0.05) is 44.3 Å². The number of benzene rings is 1. The van der Waals surface area contributed by atoms with E-state index in [2.05, 4.69) is 60.8 Å². The highest BCUT2D eigenvalue weighted by molar-refractivity contribution is 5.51. The van der Waals surface area contributed by atoms with E-state index in [-0.39, 0.29) is 6.10 Å². The Labute approximate surface area is 158 Å². The van der Waals surface area contributed by atoms with E-state index >= 15 is 0 Å². The zero-order chi connectivity index (χ0) is 18.1. The third kappa shape index (κ3) is 3.36. The van der Waals surface area contributed by atoms with Crippen molar-refractivity contribution in [2.24, 2.45) is 0 Å². The highest BCUT2D eigenvalue weighted by Crippen LogP contribution is 2.22. The lowest BCUT2D eigenvalue weighted by molar-refractivity contribution is 0.0299. The minimum absolute atomic E-state index is 0.130. The lowest BCUT2D eigenvalue weighted by Crippen LogP contribution is -2.44. The molecule has 140 valence electrons. The molecular weight excluding hydrogens is 340 g/mol. The van der Waals surface area contributed by atoms with Crippen LogP contribution in [0.2, 0.25) is 0 Å². The van der Waals surface area contributed by atoms with Crippen molar-refractivity contribution in [1.29, 1.82) is 0 Å². The first kappa shape index (κ1) is 16.5. The number of hydrogen-bond donors (Lipinski definition) is 1. The summed E-state index contributed by atoms with van der Waals surface area (Å²) < 4.78 is 10.3. The van der Waals surface area contributed by atoms with E-state index in [4.69, 9.17) is 9.84 Å². The Hall–Kier alpha value is -2.64. The van der Waals surface area contributed by atoms with Gasteiger partial charge in [-0.2, -0.15) is 5.10 Å². The number of nitrogens with zero attached hydrogens (tertiary/aromatic N) is 5. The third-order valence-corrected chi connectivity index (χ3v) is 5.27. The van der Waals surface area contributed by atoms with Crippen LogP contribution in [0.5, 0.6) is 0 Å². The second kappa shape index (κ2) is 7.17. The molecule has 1 saturated heterocycles. The van der Waals surface area contributed by atoms with Crippen LogP contribution in [0.4, 0.5) is 5.69 Å². The number of rotatable bonds is 4. The molecule has 0 saturated carbocycles. The summed E-state index contributed by atoms with van der Waals surface area (Å²) in [5.41, 5.74) is 3.41. The molecule has 4 heterocycles. The Balaban J connectivity index is 1.33. The number of para-hydroxylation sites is 1. The van der Waals surface area contributed by atoms with Crippen LogP contribution in [0.3, 0.4) is 0 Å². The minimum atomic E-state index is 0.130. The number of aromatic nitrogens is 4. The highest BCUT2D eigenvalue weighted by atomic mass is 16.5. The smallest absolute Gasteiger partial charge is 0.160 e. The minimum Gasteiger partial charge on any atom is -0.373 e. The van der Waals surface area contributed by atoms with Gasteiger partial charge in [0.05, 0.1) is 31.5 Å². The average molecular weight is 364 g/mol. The number of morpholine rings is 1. The maximum Gasteiger partial charge on any atom is 0.160 e. The first-order chi connectivity index (χ1) is 13.4. The summed E-state index contributed by atoms with van der Waals surface area (Å²) in [6, 6.07) is 12.7. The van der Waals surface area contributed by atoms with Crippen LogP contribution < -0.4 is 10.2 Å². The van der Waals surface area contributed by atoms with Crippen molar-refractivity contribution in [2.45, 2.75) is 25.7 Å². The van der Waals surface area contributed by atoms with Crippen molar-refractivity contribution >= 4 is 5.69 Å². The van der Waals surface area contributed by atoms with Crippen LogP contribution in [-0.2, 0) is 24.4 Å². The lowest BCUT2D eigenvalue weighted by Gasteiger charge is -2.34. The predicted octanol–water partition coefficient (Wildman–Crippen LogP) is 1.76. The molecule has 2 aliphatic heterocycles. The van der Waals surface area contributed by atoms with Crippen molar-refractivity contribution in [2.75, 3.05) is 31.1 Å². The molecule has 7 nitrogen and oxygen atoms in total. The average Bonchev–Trinajstić information content (AvgIpc) is 3.35. The van der Waals surface area contributed by atoms with Gasteiger partial charge in [-0.3, -0.25) is 4.68 Å². The number of imidazole rings is 1. The van der Waals surface area contributed by atoms with Gasteiger partial charge in [0.15, 0.2) is 5.82 Å². The molecule has 3 aromatic rings. The quantitative estimate of drug-likeness (QED) is 0.764. The van der Waals surface area contributed by atoms with E-state index < -0.39 is 0 Å². The fourth-order valence-corrected chi connectivity index (χ4v) is 3.91. The summed E-state index contributed by atoms with van der Waals surface area (Å²) >= 11 is 0. The Morgan fingerprint density at radius 3 is 3.00 bits per heavy atom. The van der Waals surface area contributed by atoms with E-state index in [9.17, 15) is 0 Å². The lowest BCUT2D eigenvalue weighted by atomic mass is 10.2. The van der Waals surface area contributed by atoms with Crippen LogP contribution in [0.1, 0.15) is 5.69 Å². The van der Waals surface area contributed by atoms with Crippen molar-refractivity contribution in [3.8, 4) is 11.5 Å². The van der Waals surface area contributed by atoms with Gasteiger partial charge in [-0.25, -0.2) is 4.98 Å². The Bertz CT molecular complexity index is 879. The SMILES string of the molecule is c1ccc(N2CCO[C@@H](Cn3ccnc3-c3cc4n(n3)CCNC4)C2)cc1. The molecule has 0 aliphatic carbocycles. The molecule has 5 rings (SSSR count). The van der Waals surface area contributed by atoms with E-state index in [1.54, 1.807) is 0 Å². The molecular formula is C20H24N6O. The molecule has 2 aromatic heterocycles. The molecule has 0 radical (unpaired) electrons. The van der Waals surface area contributed by atoms with E-state index in [1.165, 1.54) is 11.4 Å². The molecule has 0 spiro atoms. The Morgan fingerprint density at radius 1 is 1.19 bits per heavy atom. The van der Waals surface area contributed by atoms with Gasteiger partial charge in [-0.1, -0.05) is 18.2 Å². The second-order valence-corrected chi connectivity index (χ2v) is 7.10. The summed E-state index contributed by atoms with van der Waals surface area (Å²) in [5.74, 6) is 0.914. The monoisotopic (exact) mass is 364 g/mol. The molecule has 0 bridgehead atoms. The summed E-state index contributed by atoms with van der Waals surface area (Å²) in [4.78, 5) is 6.96. The zero-order valence-corrected chi connectivity index (χ0v) is 15.3. The molecule has 0 unspecified atom stereocenters. The third-order valence-electron chi connectivity index (χ3n) is 5.27. The van der Waals surface area contributed by atoms with E-state index in [1.807, 2.05) is 12.4 Å². The topological polar surface area (TPSA) is 60.1 Å². The molecule has 7 heteroatoms. The van der Waals surface area contributed by atoms with Crippen molar-refractivity contribution in [3.05, 3.63) is 54.5 Å². The largest absolute Gasteiger partial charge is 0.373 e. The molecule has 1 fully saturated rings. The molecule has 1 atom stereocenters. The normalized spacial score (nSPS) is 19.9. The van der Waals surface area contributed by atoms with Gasteiger partial charge in [0.1, 0.15) is 5.69 Å². The van der Waals surface area contributed by atoms with E-state index in [0.29, 0.717) is 0 Å². The fourth-order valence-electron chi connectivity index (χ4n) is 3.91. The highest BCUT2D eigenvalue weighted by Gasteiger charge is 2.23. The van der Waals surface area contributed by atoms with Gasteiger partial charge in [-0.15, -0.1) is 0 Å². The van der Waals surface area contributed by atoms with Gasteiger partial charge < -0.3 is 19.5 Å². The fraction of sp³-hybridized carbons (Fsp3) is 0.400. The number of nitrogens with one attached hydrogen (secondary N) is 1. The van der Waals surface area contributed by atoms with Gasteiger partial charge in [-0.05, 0) is 18.2 Å². The van der Waals surface area contributed by atoms with Gasteiger partial charge >= 0.3 is 0 Å². The number of anilines is 1. The van der Waals surface area contributed by atoms with Gasteiger partial charge in [0.2, 0.25) is 0 Å². The first-order valence-corrected chi connectivity index (χ1v) is 9.57. The molecule has 1 aromatic carbocycles. The van der Waals surface area contributed by atoms with Crippen molar-refractivity contribution in [3.63, 3.8) is 0 Å². The van der Waals surface area contributed by atoms with Crippen LogP contribution in [0.25, 0.3) is 11.5 Å². The van der Waals surface area contributed by atoms with E-state index in [0.717, 1.165) is 57.4 Å². The van der Waals surface area contributed by atoms with Crippen LogP contribution in [0.15, 0.2) is 48.8 Å². The van der Waals surface area contributed by atoms with Gasteiger partial charge in [0.25, 0.3) is 0 Å². The first-order valence-electron chi connectivity index (χ1n) is 9.57. The molecule has 27 heavy (non-hydrogen) atoms. The van der Waals surface area contributed by atoms with Crippen LogP contribution >= 0.6 is 0 Å². The predicted molar refractivity (Wildman–Crippen MR) is 104 cm³/mol. The maximum absolute atomic E-state index is 6.05. The summed E-state index contributed by atoms with van der Waals surface area (Å²) in [7, 11) is 0. The second-order valence-electron chi connectivity index (χ2n) is 7.10. The number of hydrogen-bond acceptors (Lipinski definition) is 5. The number of fused-ring (bicyclic) bond motifs is 1. The van der Waals surface area contributed by atoms with Crippen molar-refractivity contribution < 1.29 is 4.74 Å². The Morgan fingerprint density at radius 2 is 2.11 bits per heavy atom. The summed E-state index contributed by atoms with van der Waals surface area (Å²) in [5, 5.41) is 8.14. The zero-order valence-electron chi connectivity index (χ0n) is 15.3. The molecule has 2 aliphatic rings.